The number of aryl methyl sites for hydroxylation is 2. The molecule has 120 valence electrons. The van der Waals surface area contributed by atoms with Gasteiger partial charge >= 0.3 is 5.69 Å². The molecule has 0 atom stereocenters. The topological polar surface area (TPSA) is 82.2 Å². The van der Waals surface area contributed by atoms with Crippen LogP contribution in [0.3, 0.4) is 0 Å². The Hall–Kier alpha value is -1.63. The third kappa shape index (κ3) is 5.34. The number of ether oxygens (including phenoxy) is 1. The molecular formula is C14H26N4O3. The molecule has 1 rings (SSSR count). The van der Waals surface area contributed by atoms with Crippen molar-refractivity contribution >= 4 is 11.5 Å². The first-order valence-electron chi connectivity index (χ1n) is 7.49. The fraction of sp³-hybridized carbons (Fsp3) is 0.786. The molecule has 1 N–H and O–H groups in total. The predicted molar refractivity (Wildman–Crippen MR) is 82.6 cm³/mol. The molecule has 0 aromatic carbocycles. The van der Waals surface area contributed by atoms with E-state index in [-0.39, 0.29) is 10.6 Å². The highest BCUT2D eigenvalue weighted by molar-refractivity contribution is 5.59. The van der Waals surface area contributed by atoms with Gasteiger partial charge in [-0.05, 0) is 18.8 Å². The van der Waals surface area contributed by atoms with Crippen LogP contribution in [0.2, 0.25) is 0 Å². The number of rotatable bonds is 10. The number of anilines is 1. The summed E-state index contributed by atoms with van der Waals surface area (Å²) in [4.78, 5) is 10.9. The van der Waals surface area contributed by atoms with Crippen LogP contribution < -0.4 is 5.32 Å². The maximum Gasteiger partial charge on any atom is 0.333 e. The molecule has 0 aliphatic carbocycles. The molecule has 0 fully saturated rings. The third-order valence-corrected chi connectivity index (χ3v) is 2.97. The van der Waals surface area contributed by atoms with Gasteiger partial charge in [0.05, 0.1) is 4.92 Å². The van der Waals surface area contributed by atoms with E-state index in [9.17, 15) is 10.1 Å². The second kappa shape index (κ2) is 8.61. The van der Waals surface area contributed by atoms with E-state index in [2.05, 4.69) is 24.3 Å². The van der Waals surface area contributed by atoms with Crippen LogP contribution in [0, 0.1) is 16.0 Å². The molecule has 1 aromatic rings. The Labute approximate surface area is 125 Å². The Morgan fingerprint density at radius 3 is 2.76 bits per heavy atom. The molecule has 21 heavy (non-hydrogen) atoms. The van der Waals surface area contributed by atoms with Crippen molar-refractivity contribution in [3.05, 3.63) is 15.8 Å². The Kier molecular flexibility index (Phi) is 7.14. The highest BCUT2D eigenvalue weighted by Crippen LogP contribution is 2.28. The fourth-order valence-electron chi connectivity index (χ4n) is 2.06. The average molecular weight is 298 g/mol. The van der Waals surface area contributed by atoms with Crippen molar-refractivity contribution in [1.82, 2.24) is 9.78 Å². The van der Waals surface area contributed by atoms with Gasteiger partial charge in [-0.25, -0.2) is 4.68 Å². The maximum absolute atomic E-state index is 11.2. The zero-order valence-corrected chi connectivity index (χ0v) is 13.4. The van der Waals surface area contributed by atoms with Crippen molar-refractivity contribution < 1.29 is 9.66 Å². The quantitative estimate of drug-likeness (QED) is 0.408. The van der Waals surface area contributed by atoms with Crippen molar-refractivity contribution in [1.29, 1.82) is 0 Å². The minimum Gasteiger partial charge on any atom is -0.381 e. The number of aromatic nitrogens is 2. The molecule has 0 radical (unpaired) electrons. The normalized spacial score (nSPS) is 11.1. The molecule has 7 nitrogen and oxygen atoms in total. The minimum absolute atomic E-state index is 0.0995. The largest absolute Gasteiger partial charge is 0.381 e. The van der Waals surface area contributed by atoms with E-state index in [1.54, 1.807) is 11.7 Å². The van der Waals surface area contributed by atoms with Gasteiger partial charge in [0.2, 0.25) is 5.82 Å². The summed E-state index contributed by atoms with van der Waals surface area (Å²) >= 11 is 0. The number of nitrogens with one attached hydrogen (secondary N) is 1. The number of hydrogen-bond donors (Lipinski definition) is 1. The molecule has 0 saturated carbocycles. The Morgan fingerprint density at radius 2 is 2.19 bits per heavy atom. The lowest BCUT2D eigenvalue weighted by Gasteiger charge is -2.08. The first-order chi connectivity index (χ1) is 9.97. The summed E-state index contributed by atoms with van der Waals surface area (Å²) in [5.74, 6) is 1.00. The van der Waals surface area contributed by atoms with Crippen LogP contribution in [0.4, 0.5) is 11.5 Å². The molecule has 0 aliphatic heterocycles. The summed E-state index contributed by atoms with van der Waals surface area (Å²) in [6.07, 6.45) is 2.25. The van der Waals surface area contributed by atoms with Gasteiger partial charge in [-0.3, -0.25) is 10.1 Å². The zero-order valence-electron chi connectivity index (χ0n) is 13.4. The van der Waals surface area contributed by atoms with Crippen LogP contribution in [-0.4, -0.2) is 34.5 Å². The highest BCUT2D eigenvalue weighted by atomic mass is 16.6. The lowest BCUT2D eigenvalue weighted by Crippen LogP contribution is -2.11. The Balaban J connectivity index is 2.56. The summed E-state index contributed by atoms with van der Waals surface area (Å²) in [6, 6.07) is 0. The van der Waals surface area contributed by atoms with Crippen LogP contribution in [-0.2, 0) is 18.2 Å². The van der Waals surface area contributed by atoms with E-state index in [0.717, 1.165) is 19.4 Å². The van der Waals surface area contributed by atoms with E-state index in [1.165, 1.54) is 0 Å². The maximum atomic E-state index is 11.2. The lowest BCUT2D eigenvalue weighted by molar-refractivity contribution is -0.384. The molecule has 1 aromatic heterocycles. The molecular weight excluding hydrogens is 272 g/mol. The van der Waals surface area contributed by atoms with E-state index in [4.69, 9.17) is 4.74 Å². The summed E-state index contributed by atoms with van der Waals surface area (Å²) < 4.78 is 7.04. The van der Waals surface area contributed by atoms with Gasteiger partial charge in [0.25, 0.3) is 0 Å². The highest BCUT2D eigenvalue weighted by Gasteiger charge is 2.25. The standard InChI is InChI=1S/C14H26N4O3/c1-5-7-12-13(18(19)20)14(17(4)16-12)15-8-6-9-21-10-11(2)3/h11,15H,5-10H2,1-4H3. The zero-order chi connectivity index (χ0) is 15.8. The fourth-order valence-corrected chi connectivity index (χ4v) is 2.06. The van der Waals surface area contributed by atoms with Crippen LogP contribution in [0.15, 0.2) is 0 Å². The van der Waals surface area contributed by atoms with Crippen molar-refractivity contribution in [2.45, 2.75) is 40.0 Å². The van der Waals surface area contributed by atoms with Gasteiger partial charge < -0.3 is 10.1 Å². The molecule has 0 aliphatic rings. The van der Waals surface area contributed by atoms with Gasteiger partial charge in [-0.2, -0.15) is 5.10 Å². The van der Waals surface area contributed by atoms with E-state index in [1.807, 2.05) is 6.92 Å². The summed E-state index contributed by atoms with van der Waals surface area (Å²) in [6.45, 7) is 8.21. The average Bonchev–Trinajstić information content (AvgIpc) is 2.70. The molecule has 7 heteroatoms. The van der Waals surface area contributed by atoms with Gasteiger partial charge in [0.15, 0.2) is 0 Å². The van der Waals surface area contributed by atoms with Gasteiger partial charge in [0.1, 0.15) is 5.69 Å². The Morgan fingerprint density at radius 1 is 1.48 bits per heavy atom. The number of nitro groups is 1. The van der Waals surface area contributed by atoms with Crippen molar-refractivity contribution in [3.63, 3.8) is 0 Å². The van der Waals surface area contributed by atoms with Gasteiger partial charge in [-0.15, -0.1) is 0 Å². The van der Waals surface area contributed by atoms with Gasteiger partial charge in [0, 0.05) is 26.8 Å². The smallest absolute Gasteiger partial charge is 0.333 e. The monoisotopic (exact) mass is 298 g/mol. The SMILES string of the molecule is CCCc1nn(C)c(NCCCOCC(C)C)c1[N+](=O)[O-]. The van der Waals surface area contributed by atoms with Crippen molar-refractivity contribution in [3.8, 4) is 0 Å². The second-order valence-corrected chi connectivity index (χ2v) is 5.52. The molecule has 0 spiro atoms. The van der Waals surface area contributed by atoms with Crippen LogP contribution in [0.1, 0.15) is 39.3 Å². The Bertz CT molecular complexity index is 457. The lowest BCUT2D eigenvalue weighted by atomic mass is 10.2. The second-order valence-electron chi connectivity index (χ2n) is 5.52. The number of nitrogens with zero attached hydrogens (tertiary/aromatic N) is 3. The predicted octanol–water partition coefficient (Wildman–Crippen LogP) is 2.76. The van der Waals surface area contributed by atoms with E-state index < -0.39 is 0 Å². The summed E-state index contributed by atoms with van der Waals surface area (Å²) in [5, 5.41) is 18.6. The summed E-state index contributed by atoms with van der Waals surface area (Å²) in [7, 11) is 1.73. The van der Waals surface area contributed by atoms with Crippen molar-refractivity contribution in [2.24, 2.45) is 13.0 Å². The third-order valence-electron chi connectivity index (χ3n) is 2.97. The van der Waals surface area contributed by atoms with Crippen molar-refractivity contribution in [2.75, 3.05) is 25.1 Å². The molecule has 0 unspecified atom stereocenters. The number of hydrogen-bond acceptors (Lipinski definition) is 5. The van der Waals surface area contributed by atoms with Crippen LogP contribution >= 0.6 is 0 Å². The molecule has 0 bridgehead atoms. The first-order valence-corrected chi connectivity index (χ1v) is 7.49. The molecule has 1 heterocycles. The molecule has 0 amide bonds. The summed E-state index contributed by atoms with van der Waals surface area (Å²) in [5.41, 5.74) is 0.644. The first kappa shape index (κ1) is 17.4. The van der Waals surface area contributed by atoms with E-state index >= 15 is 0 Å². The minimum atomic E-state index is -0.352. The van der Waals surface area contributed by atoms with Crippen LogP contribution in [0.5, 0.6) is 0 Å². The van der Waals surface area contributed by atoms with E-state index in [0.29, 0.717) is 37.0 Å². The van der Waals surface area contributed by atoms with Gasteiger partial charge in [-0.1, -0.05) is 27.2 Å². The molecule has 0 saturated heterocycles. The van der Waals surface area contributed by atoms with Crippen LogP contribution in [0.25, 0.3) is 0 Å².